The maximum Gasteiger partial charge on any atom is 0.224 e. The molecular weight excluding hydrogens is 240 g/mol. The van der Waals surface area contributed by atoms with Crippen LogP contribution in [0.25, 0.3) is 0 Å². The number of amides is 1. The lowest BCUT2D eigenvalue weighted by atomic mass is 10.2. The highest BCUT2D eigenvalue weighted by molar-refractivity contribution is 7.91. The fourth-order valence-corrected chi connectivity index (χ4v) is 3.27. The number of carbonyl (C=O) groups excluding carboxylic acids is 1. The number of sulfone groups is 1. The summed E-state index contributed by atoms with van der Waals surface area (Å²) in [4.78, 5) is 13.6. The molecule has 1 aliphatic heterocycles. The predicted molar refractivity (Wildman–Crippen MR) is 67.6 cm³/mol. The molecule has 1 N–H and O–H groups in total. The largest absolute Gasteiger partial charge is 0.342 e. The standard InChI is InChI=1S/C11H22N2O3S/c1-3-12-10(2)9-11(14)13-5-4-7-17(15,16)8-6-13/h10,12H,3-9H2,1-2H3. The van der Waals surface area contributed by atoms with Gasteiger partial charge >= 0.3 is 0 Å². The Morgan fingerprint density at radius 3 is 2.71 bits per heavy atom. The highest BCUT2D eigenvalue weighted by atomic mass is 32.2. The van der Waals surface area contributed by atoms with E-state index >= 15 is 0 Å². The van der Waals surface area contributed by atoms with Crippen molar-refractivity contribution in [3.8, 4) is 0 Å². The minimum absolute atomic E-state index is 0.0514. The molecule has 0 aromatic rings. The van der Waals surface area contributed by atoms with Crippen LogP contribution in [0.3, 0.4) is 0 Å². The Hall–Kier alpha value is -0.620. The normalized spacial score (nSPS) is 21.9. The zero-order valence-corrected chi connectivity index (χ0v) is 11.4. The molecule has 1 aliphatic rings. The number of hydrogen-bond acceptors (Lipinski definition) is 4. The van der Waals surface area contributed by atoms with Crippen LogP contribution < -0.4 is 5.32 Å². The molecule has 1 unspecified atom stereocenters. The summed E-state index contributed by atoms with van der Waals surface area (Å²) in [6, 6.07) is 0.146. The summed E-state index contributed by atoms with van der Waals surface area (Å²) in [5.74, 6) is 0.365. The Bertz CT molecular complexity index is 354. The van der Waals surface area contributed by atoms with Crippen molar-refractivity contribution in [2.45, 2.75) is 32.7 Å². The van der Waals surface area contributed by atoms with Crippen molar-refractivity contribution in [2.75, 3.05) is 31.1 Å². The van der Waals surface area contributed by atoms with Crippen molar-refractivity contribution < 1.29 is 13.2 Å². The van der Waals surface area contributed by atoms with Crippen LogP contribution in [-0.4, -0.2) is 56.4 Å². The van der Waals surface area contributed by atoms with Crippen LogP contribution in [-0.2, 0) is 14.6 Å². The van der Waals surface area contributed by atoms with Gasteiger partial charge in [0.25, 0.3) is 0 Å². The van der Waals surface area contributed by atoms with Gasteiger partial charge in [0, 0.05) is 25.6 Å². The number of carbonyl (C=O) groups is 1. The lowest BCUT2D eigenvalue weighted by Crippen LogP contribution is -2.38. The lowest BCUT2D eigenvalue weighted by molar-refractivity contribution is -0.131. The first-order chi connectivity index (χ1) is 7.94. The fraction of sp³-hybridized carbons (Fsp3) is 0.909. The number of nitrogens with one attached hydrogen (secondary N) is 1. The van der Waals surface area contributed by atoms with Crippen LogP contribution in [0.4, 0.5) is 0 Å². The van der Waals surface area contributed by atoms with Gasteiger partial charge in [-0.1, -0.05) is 6.92 Å². The third-order valence-electron chi connectivity index (χ3n) is 2.94. The summed E-state index contributed by atoms with van der Waals surface area (Å²) < 4.78 is 22.8. The molecule has 1 fully saturated rings. The quantitative estimate of drug-likeness (QED) is 0.776. The van der Waals surface area contributed by atoms with E-state index in [0.29, 0.717) is 25.9 Å². The van der Waals surface area contributed by atoms with Crippen molar-refractivity contribution in [1.82, 2.24) is 10.2 Å². The molecule has 0 radical (unpaired) electrons. The second-order valence-corrected chi connectivity index (χ2v) is 6.85. The van der Waals surface area contributed by atoms with E-state index in [4.69, 9.17) is 0 Å². The molecule has 0 saturated carbocycles. The van der Waals surface area contributed by atoms with Gasteiger partial charge in [0.05, 0.1) is 11.5 Å². The van der Waals surface area contributed by atoms with Gasteiger partial charge in [-0.05, 0) is 19.9 Å². The summed E-state index contributed by atoms with van der Waals surface area (Å²) in [6.45, 7) is 5.72. The molecule has 0 aliphatic carbocycles. The molecule has 1 saturated heterocycles. The lowest BCUT2D eigenvalue weighted by Gasteiger charge is -2.22. The summed E-state index contributed by atoms with van der Waals surface area (Å²) in [7, 11) is -2.93. The predicted octanol–water partition coefficient (Wildman–Crippen LogP) is 0.0216. The number of nitrogens with zero attached hydrogens (tertiary/aromatic N) is 1. The van der Waals surface area contributed by atoms with E-state index < -0.39 is 9.84 Å². The van der Waals surface area contributed by atoms with E-state index in [-0.39, 0.29) is 23.5 Å². The van der Waals surface area contributed by atoms with Gasteiger partial charge in [-0.3, -0.25) is 4.79 Å². The molecule has 0 spiro atoms. The number of hydrogen-bond donors (Lipinski definition) is 1. The average molecular weight is 262 g/mol. The Kier molecular flexibility index (Phi) is 5.39. The van der Waals surface area contributed by atoms with E-state index in [0.717, 1.165) is 6.54 Å². The monoisotopic (exact) mass is 262 g/mol. The zero-order valence-electron chi connectivity index (χ0n) is 10.6. The summed E-state index contributed by atoms with van der Waals surface area (Å²) in [5.41, 5.74) is 0. The molecule has 1 heterocycles. The van der Waals surface area contributed by atoms with Gasteiger partial charge in [-0.15, -0.1) is 0 Å². The van der Waals surface area contributed by atoms with Crippen LogP contribution in [0.2, 0.25) is 0 Å². The van der Waals surface area contributed by atoms with Crippen LogP contribution in [0.5, 0.6) is 0 Å². The van der Waals surface area contributed by atoms with Crippen molar-refractivity contribution in [3.63, 3.8) is 0 Å². The molecule has 1 amide bonds. The molecule has 1 rings (SSSR count). The summed E-state index contributed by atoms with van der Waals surface area (Å²) in [5, 5.41) is 3.18. The third-order valence-corrected chi connectivity index (χ3v) is 4.66. The SMILES string of the molecule is CCNC(C)CC(=O)N1CCCS(=O)(=O)CC1. The zero-order chi connectivity index (χ0) is 12.9. The molecule has 100 valence electrons. The summed E-state index contributed by atoms with van der Waals surface area (Å²) in [6.07, 6.45) is 0.998. The van der Waals surface area contributed by atoms with E-state index in [2.05, 4.69) is 5.32 Å². The topological polar surface area (TPSA) is 66.5 Å². The molecule has 17 heavy (non-hydrogen) atoms. The highest BCUT2D eigenvalue weighted by Gasteiger charge is 2.23. The number of rotatable bonds is 4. The van der Waals surface area contributed by atoms with Crippen molar-refractivity contribution in [2.24, 2.45) is 0 Å². The van der Waals surface area contributed by atoms with Crippen LogP contribution in [0, 0.1) is 0 Å². The highest BCUT2D eigenvalue weighted by Crippen LogP contribution is 2.07. The van der Waals surface area contributed by atoms with Gasteiger partial charge < -0.3 is 10.2 Å². The van der Waals surface area contributed by atoms with E-state index in [1.807, 2.05) is 13.8 Å². The van der Waals surface area contributed by atoms with Crippen LogP contribution in [0.15, 0.2) is 0 Å². The van der Waals surface area contributed by atoms with Crippen molar-refractivity contribution in [3.05, 3.63) is 0 Å². The van der Waals surface area contributed by atoms with Crippen LogP contribution >= 0.6 is 0 Å². The first-order valence-electron chi connectivity index (χ1n) is 6.16. The molecular formula is C11H22N2O3S. The Labute approximate surface area is 103 Å². The van der Waals surface area contributed by atoms with Gasteiger partial charge in [0.2, 0.25) is 5.91 Å². The fourth-order valence-electron chi connectivity index (χ4n) is 2.00. The van der Waals surface area contributed by atoms with Gasteiger partial charge in [0.15, 0.2) is 9.84 Å². The first-order valence-corrected chi connectivity index (χ1v) is 7.98. The van der Waals surface area contributed by atoms with E-state index in [1.54, 1.807) is 4.90 Å². The average Bonchev–Trinajstić information content (AvgIpc) is 2.39. The first kappa shape index (κ1) is 14.4. The van der Waals surface area contributed by atoms with Gasteiger partial charge in [0.1, 0.15) is 0 Å². The summed E-state index contributed by atoms with van der Waals surface area (Å²) >= 11 is 0. The Morgan fingerprint density at radius 2 is 2.06 bits per heavy atom. The Balaban J connectivity index is 2.47. The van der Waals surface area contributed by atoms with Gasteiger partial charge in [-0.2, -0.15) is 0 Å². The minimum atomic E-state index is -2.93. The molecule has 5 nitrogen and oxygen atoms in total. The Morgan fingerprint density at radius 1 is 1.35 bits per heavy atom. The maximum atomic E-state index is 11.9. The smallest absolute Gasteiger partial charge is 0.224 e. The molecule has 0 aromatic heterocycles. The minimum Gasteiger partial charge on any atom is -0.342 e. The second kappa shape index (κ2) is 6.35. The molecule has 6 heteroatoms. The van der Waals surface area contributed by atoms with Crippen molar-refractivity contribution in [1.29, 1.82) is 0 Å². The van der Waals surface area contributed by atoms with Crippen molar-refractivity contribution >= 4 is 15.7 Å². The second-order valence-electron chi connectivity index (χ2n) is 4.55. The molecule has 1 atom stereocenters. The molecule has 0 aromatic carbocycles. The van der Waals surface area contributed by atoms with Gasteiger partial charge in [-0.25, -0.2) is 8.42 Å². The van der Waals surface area contributed by atoms with E-state index in [1.165, 1.54) is 0 Å². The van der Waals surface area contributed by atoms with Crippen LogP contribution in [0.1, 0.15) is 26.7 Å². The molecule has 0 bridgehead atoms. The maximum absolute atomic E-state index is 11.9. The third kappa shape index (κ3) is 5.04. The van der Waals surface area contributed by atoms with E-state index in [9.17, 15) is 13.2 Å².